The zero-order valence-electron chi connectivity index (χ0n) is 11.1. The van der Waals surface area contributed by atoms with Crippen LogP contribution in [0.25, 0.3) is 0 Å². The third kappa shape index (κ3) is 4.57. The molecule has 1 atom stereocenters. The van der Waals surface area contributed by atoms with Gasteiger partial charge in [-0.25, -0.2) is 4.79 Å². The Bertz CT molecular complexity index is 506. The van der Waals surface area contributed by atoms with Crippen molar-refractivity contribution in [3.63, 3.8) is 0 Å². The molecule has 0 spiro atoms. The van der Waals surface area contributed by atoms with Crippen molar-refractivity contribution in [1.82, 2.24) is 5.32 Å². The summed E-state index contributed by atoms with van der Waals surface area (Å²) in [5.41, 5.74) is -0.766. The second-order valence-corrected chi connectivity index (χ2v) is 5.33. The number of carbonyl (C=O) groups excluding carboxylic acids is 1. The fourth-order valence-corrected chi connectivity index (χ4v) is 1.48. The van der Waals surface area contributed by atoms with E-state index < -0.39 is 29.0 Å². The lowest BCUT2D eigenvalue weighted by Gasteiger charge is -2.30. The van der Waals surface area contributed by atoms with Gasteiger partial charge in [-0.1, -0.05) is 20.8 Å². The van der Waals surface area contributed by atoms with Gasteiger partial charge in [-0.05, 0) is 11.5 Å². The van der Waals surface area contributed by atoms with E-state index >= 15 is 0 Å². The average Bonchev–Trinajstić information content (AvgIpc) is 2.27. The summed E-state index contributed by atoms with van der Waals surface area (Å²) in [6.45, 7) is 5.52. The number of hydrogen-bond acceptors (Lipinski definition) is 4. The second kappa shape index (κ2) is 5.69. The largest absolute Gasteiger partial charge is 0.481 e. The molecule has 0 aliphatic rings. The maximum Gasteiger partial charge on any atom is 0.335 e. The Morgan fingerprint density at radius 3 is 2.42 bits per heavy atom. The predicted molar refractivity (Wildman–Crippen MR) is 67.9 cm³/mol. The van der Waals surface area contributed by atoms with Gasteiger partial charge < -0.3 is 14.8 Å². The number of carboxylic acids is 1. The predicted octanol–water partition coefficient (Wildman–Crippen LogP) is 1.26. The number of rotatable bonds is 4. The van der Waals surface area contributed by atoms with E-state index in [1.165, 1.54) is 6.07 Å². The molecule has 0 saturated carbocycles. The number of hydrogen-bond donors (Lipinski definition) is 2. The molecular formula is C13H17NO5. The normalized spacial score (nSPS) is 12.8. The van der Waals surface area contributed by atoms with E-state index in [1.807, 2.05) is 20.8 Å². The first-order valence-corrected chi connectivity index (χ1v) is 5.81. The van der Waals surface area contributed by atoms with Crippen molar-refractivity contribution in [3.8, 4) is 0 Å². The summed E-state index contributed by atoms with van der Waals surface area (Å²) in [6.07, 6.45) is 0.879. The molecule has 1 heterocycles. The van der Waals surface area contributed by atoms with E-state index in [0.717, 1.165) is 12.3 Å². The summed E-state index contributed by atoms with van der Waals surface area (Å²) in [7, 11) is 0. The lowest BCUT2D eigenvalue weighted by Crippen LogP contribution is -2.45. The van der Waals surface area contributed by atoms with Gasteiger partial charge in [0.15, 0.2) is 0 Å². The molecule has 0 saturated heterocycles. The highest BCUT2D eigenvalue weighted by Crippen LogP contribution is 2.22. The molecule has 0 radical (unpaired) electrons. The van der Waals surface area contributed by atoms with Crippen molar-refractivity contribution in [1.29, 1.82) is 0 Å². The van der Waals surface area contributed by atoms with Crippen LogP contribution in [-0.2, 0) is 4.79 Å². The molecule has 1 rings (SSSR count). The van der Waals surface area contributed by atoms with Gasteiger partial charge >= 0.3 is 11.6 Å². The van der Waals surface area contributed by atoms with Crippen molar-refractivity contribution >= 4 is 11.9 Å². The number of amides is 1. The first-order chi connectivity index (χ1) is 8.70. The topological polar surface area (TPSA) is 96.6 Å². The SMILES string of the molecule is CC(C)(C)C(CC(=O)O)NC(=O)c1ccc(=O)oc1. The Kier molecular flexibility index (Phi) is 4.47. The molecule has 6 nitrogen and oxygen atoms in total. The monoisotopic (exact) mass is 267 g/mol. The minimum absolute atomic E-state index is 0.175. The average molecular weight is 267 g/mol. The number of nitrogens with one attached hydrogen (secondary N) is 1. The Balaban J connectivity index is 2.84. The molecule has 2 N–H and O–H groups in total. The number of carbonyl (C=O) groups is 2. The van der Waals surface area contributed by atoms with Crippen LogP contribution >= 0.6 is 0 Å². The van der Waals surface area contributed by atoms with Crippen molar-refractivity contribution in [3.05, 3.63) is 34.4 Å². The molecule has 1 amide bonds. The van der Waals surface area contributed by atoms with Crippen LogP contribution in [0.3, 0.4) is 0 Å². The van der Waals surface area contributed by atoms with E-state index in [-0.39, 0.29) is 12.0 Å². The summed E-state index contributed by atoms with van der Waals surface area (Å²) >= 11 is 0. The van der Waals surface area contributed by atoms with Gasteiger partial charge in [0.05, 0.1) is 12.0 Å². The fraction of sp³-hybridized carbons (Fsp3) is 0.462. The molecule has 0 aliphatic carbocycles. The van der Waals surface area contributed by atoms with Crippen LogP contribution in [-0.4, -0.2) is 23.0 Å². The Hall–Kier alpha value is -2.11. The Morgan fingerprint density at radius 2 is 2.00 bits per heavy atom. The molecule has 6 heteroatoms. The lowest BCUT2D eigenvalue weighted by atomic mass is 9.84. The van der Waals surface area contributed by atoms with E-state index in [2.05, 4.69) is 9.73 Å². The van der Waals surface area contributed by atoms with Gasteiger partial charge in [0.1, 0.15) is 6.26 Å². The van der Waals surface area contributed by atoms with Crippen LogP contribution < -0.4 is 10.9 Å². The van der Waals surface area contributed by atoms with Gasteiger partial charge in [-0.2, -0.15) is 0 Å². The summed E-state index contributed by atoms with van der Waals surface area (Å²) in [4.78, 5) is 33.5. The summed E-state index contributed by atoms with van der Waals surface area (Å²) in [5, 5.41) is 11.5. The molecule has 104 valence electrons. The van der Waals surface area contributed by atoms with E-state index in [1.54, 1.807) is 0 Å². The van der Waals surface area contributed by atoms with Crippen LogP contribution in [0.1, 0.15) is 37.6 Å². The fourth-order valence-electron chi connectivity index (χ4n) is 1.48. The van der Waals surface area contributed by atoms with Gasteiger partial charge in [-0.15, -0.1) is 0 Å². The van der Waals surface area contributed by atoms with Gasteiger partial charge in [0, 0.05) is 12.1 Å². The maximum atomic E-state index is 11.9. The zero-order chi connectivity index (χ0) is 14.6. The van der Waals surface area contributed by atoms with Crippen LogP contribution in [0.2, 0.25) is 0 Å². The van der Waals surface area contributed by atoms with Gasteiger partial charge in [0.25, 0.3) is 5.91 Å². The molecular weight excluding hydrogens is 250 g/mol. The minimum Gasteiger partial charge on any atom is -0.481 e. The highest BCUT2D eigenvalue weighted by molar-refractivity contribution is 5.94. The summed E-state index contributed by atoms with van der Waals surface area (Å²) in [5.74, 6) is -1.45. The van der Waals surface area contributed by atoms with Gasteiger partial charge in [0.2, 0.25) is 0 Å². The van der Waals surface area contributed by atoms with Crippen LogP contribution in [0.4, 0.5) is 0 Å². The van der Waals surface area contributed by atoms with Crippen molar-refractivity contribution in [2.45, 2.75) is 33.2 Å². The molecule has 19 heavy (non-hydrogen) atoms. The standard InChI is InChI=1S/C13H17NO5/c1-13(2,3)9(6-10(15)16)14-12(18)8-4-5-11(17)19-7-8/h4-5,7,9H,6H2,1-3H3,(H,14,18)(H,15,16). The molecule has 1 aromatic rings. The van der Waals surface area contributed by atoms with Crippen LogP contribution in [0.15, 0.2) is 27.6 Å². The molecule has 0 aliphatic heterocycles. The highest BCUT2D eigenvalue weighted by atomic mass is 16.4. The van der Waals surface area contributed by atoms with E-state index in [4.69, 9.17) is 5.11 Å². The van der Waals surface area contributed by atoms with Crippen molar-refractivity contribution < 1.29 is 19.1 Å². The van der Waals surface area contributed by atoms with Gasteiger partial charge in [-0.3, -0.25) is 9.59 Å². The third-order valence-corrected chi connectivity index (χ3v) is 2.69. The molecule has 1 aromatic heterocycles. The molecule has 0 aromatic carbocycles. The minimum atomic E-state index is -0.986. The van der Waals surface area contributed by atoms with Crippen molar-refractivity contribution in [2.75, 3.05) is 0 Å². The molecule has 0 bridgehead atoms. The van der Waals surface area contributed by atoms with E-state index in [9.17, 15) is 14.4 Å². The Morgan fingerprint density at radius 1 is 1.37 bits per heavy atom. The third-order valence-electron chi connectivity index (χ3n) is 2.69. The first kappa shape index (κ1) is 14.9. The zero-order valence-corrected chi connectivity index (χ0v) is 11.1. The van der Waals surface area contributed by atoms with Crippen LogP contribution in [0.5, 0.6) is 0 Å². The van der Waals surface area contributed by atoms with E-state index in [0.29, 0.717) is 0 Å². The highest BCUT2D eigenvalue weighted by Gasteiger charge is 2.28. The molecule has 1 unspecified atom stereocenters. The van der Waals surface area contributed by atoms with Crippen molar-refractivity contribution in [2.24, 2.45) is 5.41 Å². The summed E-state index contributed by atoms with van der Waals surface area (Å²) in [6, 6.07) is 1.95. The second-order valence-electron chi connectivity index (χ2n) is 5.33. The number of carboxylic acid groups (broad SMARTS) is 1. The lowest BCUT2D eigenvalue weighted by molar-refractivity contribution is -0.138. The first-order valence-electron chi connectivity index (χ1n) is 5.81. The molecule has 0 fully saturated rings. The number of aliphatic carboxylic acids is 1. The van der Waals surface area contributed by atoms with Crippen LogP contribution in [0, 0.1) is 5.41 Å². The quantitative estimate of drug-likeness (QED) is 0.856. The summed E-state index contributed by atoms with van der Waals surface area (Å²) < 4.78 is 4.59. The smallest absolute Gasteiger partial charge is 0.335 e. The Labute approximate surface area is 110 Å². The maximum absolute atomic E-state index is 11.9.